The maximum atomic E-state index is 13.4. The van der Waals surface area contributed by atoms with Crippen molar-refractivity contribution in [3.63, 3.8) is 0 Å². The SMILES string of the molecule is C#CCOc1ccc([C@@H]2C(C#N)=C(N)N(CCOC)C3=C2C(=O)CC(C)(C)C3)cc1OC. The Hall–Kier alpha value is -3.42. The molecule has 0 bridgehead atoms. The number of nitrogens with zero attached hydrogens (tertiary/aromatic N) is 2. The van der Waals surface area contributed by atoms with Gasteiger partial charge in [0.15, 0.2) is 17.3 Å². The summed E-state index contributed by atoms with van der Waals surface area (Å²) in [6.45, 7) is 5.12. The molecule has 7 nitrogen and oxygen atoms in total. The molecule has 0 spiro atoms. The number of allylic oxidation sites excluding steroid dienone is 3. The third kappa shape index (κ3) is 4.30. The molecule has 2 aliphatic rings. The summed E-state index contributed by atoms with van der Waals surface area (Å²) in [5.74, 6) is 3.19. The minimum Gasteiger partial charge on any atom is -0.493 e. The molecule has 0 saturated carbocycles. The van der Waals surface area contributed by atoms with Crippen LogP contribution in [0, 0.1) is 29.1 Å². The summed E-state index contributed by atoms with van der Waals surface area (Å²) in [6.07, 6.45) is 6.37. The van der Waals surface area contributed by atoms with Gasteiger partial charge in [-0.25, -0.2) is 0 Å². The Morgan fingerprint density at radius 3 is 2.66 bits per heavy atom. The second-order valence-electron chi connectivity index (χ2n) is 8.69. The standard InChI is InChI=1S/C25H29N3O4/c1-6-10-32-20-8-7-16(12-21(20)31-5)22-17(15-26)24(27)28(9-11-30-4)18-13-25(2,3)14-19(29)23(18)22/h1,7-8,12,22H,9-11,13-14,27H2,2-5H3/t22-/m1/s1. The first kappa shape index (κ1) is 23.2. The van der Waals surface area contributed by atoms with E-state index < -0.39 is 5.92 Å². The van der Waals surface area contributed by atoms with E-state index in [-0.39, 0.29) is 17.8 Å². The molecule has 1 atom stereocenters. The Morgan fingerprint density at radius 1 is 1.28 bits per heavy atom. The lowest BCUT2D eigenvalue weighted by molar-refractivity contribution is -0.118. The quantitative estimate of drug-likeness (QED) is 0.657. The number of ketones is 1. The van der Waals surface area contributed by atoms with Crippen LogP contribution in [0.3, 0.4) is 0 Å². The molecule has 0 aromatic heterocycles. The van der Waals surface area contributed by atoms with Crippen molar-refractivity contribution in [1.29, 1.82) is 5.26 Å². The van der Waals surface area contributed by atoms with Crippen molar-refractivity contribution in [1.82, 2.24) is 4.90 Å². The van der Waals surface area contributed by atoms with Crippen LogP contribution in [0.1, 0.15) is 38.2 Å². The lowest BCUT2D eigenvalue weighted by atomic mass is 9.68. The monoisotopic (exact) mass is 435 g/mol. The molecule has 1 aliphatic heterocycles. The first-order valence-electron chi connectivity index (χ1n) is 10.4. The molecule has 0 saturated heterocycles. The van der Waals surface area contributed by atoms with Crippen molar-refractivity contribution in [3.8, 4) is 29.9 Å². The maximum Gasteiger partial charge on any atom is 0.162 e. The van der Waals surface area contributed by atoms with Crippen LogP contribution in [0.4, 0.5) is 0 Å². The van der Waals surface area contributed by atoms with Crippen LogP contribution in [0.25, 0.3) is 0 Å². The van der Waals surface area contributed by atoms with Crippen molar-refractivity contribution in [2.75, 3.05) is 34.0 Å². The Balaban J connectivity index is 2.19. The van der Waals surface area contributed by atoms with Crippen LogP contribution < -0.4 is 15.2 Å². The molecular weight excluding hydrogens is 406 g/mol. The van der Waals surface area contributed by atoms with E-state index in [0.717, 1.165) is 11.3 Å². The van der Waals surface area contributed by atoms with Gasteiger partial charge in [0.2, 0.25) is 0 Å². The van der Waals surface area contributed by atoms with E-state index in [0.29, 0.717) is 54.5 Å². The van der Waals surface area contributed by atoms with E-state index in [1.807, 2.05) is 11.0 Å². The topological polar surface area (TPSA) is 97.8 Å². The Labute approximate surface area is 189 Å². The zero-order chi connectivity index (χ0) is 23.5. The fourth-order valence-electron chi connectivity index (χ4n) is 4.45. The van der Waals surface area contributed by atoms with Gasteiger partial charge in [0.05, 0.1) is 31.3 Å². The van der Waals surface area contributed by atoms with E-state index in [1.165, 1.54) is 7.11 Å². The number of ether oxygens (including phenoxy) is 3. The summed E-state index contributed by atoms with van der Waals surface area (Å²) in [7, 11) is 3.14. The zero-order valence-electron chi connectivity index (χ0n) is 19.0. The van der Waals surface area contributed by atoms with Crippen molar-refractivity contribution in [2.24, 2.45) is 11.1 Å². The van der Waals surface area contributed by atoms with Gasteiger partial charge < -0.3 is 24.8 Å². The first-order valence-corrected chi connectivity index (χ1v) is 10.4. The van der Waals surface area contributed by atoms with Crippen LogP contribution in [0.5, 0.6) is 11.5 Å². The molecule has 32 heavy (non-hydrogen) atoms. The highest BCUT2D eigenvalue weighted by atomic mass is 16.5. The van der Waals surface area contributed by atoms with Gasteiger partial charge in [-0.3, -0.25) is 4.79 Å². The summed E-state index contributed by atoms with van der Waals surface area (Å²) >= 11 is 0. The molecule has 7 heteroatoms. The van der Waals surface area contributed by atoms with Gasteiger partial charge in [-0.1, -0.05) is 25.8 Å². The highest BCUT2D eigenvalue weighted by Gasteiger charge is 2.44. The van der Waals surface area contributed by atoms with Gasteiger partial charge in [-0.2, -0.15) is 5.26 Å². The van der Waals surface area contributed by atoms with Crippen LogP contribution >= 0.6 is 0 Å². The summed E-state index contributed by atoms with van der Waals surface area (Å²) in [5, 5.41) is 10.1. The van der Waals surface area contributed by atoms with Gasteiger partial charge in [-0.15, -0.1) is 6.42 Å². The third-order valence-corrected chi connectivity index (χ3v) is 5.84. The molecule has 168 valence electrons. The molecule has 1 aliphatic carbocycles. The Kier molecular flexibility index (Phi) is 6.81. The highest BCUT2D eigenvalue weighted by Crippen LogP contribution is 2.49. The number of benzene rings is 1. The smallest absolute Gasteiger partial charge is 0.162 e. The van der Waals surface area contributed by atoms with Gasteiger partial charge in [-0.05, 0) is 29.5 Å². The largest absolute Gasteiger partial charge is 0.493 e. The molecule has 0 radical (unpaired) electrons. The number of hydrogen-bond donors (Lipinski definition) is 1. The zero-order valence-corrected chi connectivity index (χ0v) is 19.0. The van der Waals surface area contributed by atoms with Crippen LogP contribution in [0.15, 0.2) is 40.9 Å². The van der Waals surface area contributed by atoms with Gasteiger partial charge in [0.25, 0.3) is 0 Å². The molecule has 0 unspecified atom stereocenters. The number of Topliss-reactive ketones (excluding diaryl/α,β-unsaturated/α-hetero) is 1. The van der Waals surface area contributed by atoms with E-state index in [4.69, 9.17) is 26.4 Å². The van der Waals surface area contributed by atoms with E-state index in [1.54, 1.807) is 19.2 Å². The molecule has 1 aromatic carbocycles. The predicted octanol–water partition coefficient (Wildman–Crippen LogP) is 3.09. The number of carbonyl (C=O) groups excluding carboxylic acids is 1. The van der Waals surface area contributed by atoms with Crippen molar-refractivity contribution in [2.45, 2.75) is 32.6 Å². The average molecular weight is 436 g/mol. The molecule has 2 N–H and O–H groups in total. The number of carbonyl (C=O) groups is 1. The number of terminal acetylenes is 1. The molecule has 0 fully saturated rings. The summed E-state index contributed by atoms with van der Waals surface area (Å²) in [5.41, 5.74) is 8.86. The maximum absolute atomic E-state index is 13.4. The fourth-order valence-corrected chi connectivity index (χ4v) is 4.45. The second kappa shape index (κ2) is 9.38. The number of nitriles is 1. The van der Waals surface area contributed by atoms with E-state index >= 15 is 0 Å². The lowest BCUT2D eigenvalue weighted by Crippen LogP contribution is -2.43. The van der Waals surface area contributed by atoms with Crippen molar-refractivity contribution in [3.05, 3.63) is 46.4 Å². The lowest BCUT2D eigenvalue weighted by Gasteiger charge is -2.43. The molecule has 1 aromatic rings. The highest BCUT2D eigenvalue weighted by molar-refractivity contribution is 6.00. The van der Waals surface area contributed by atoms with Crippen molar-refractivity contribution >= 4 is 5.78 Å². The molecular formula is C25H29N3O4. The number of hydrogen-bond acceptors (Lipinski definition) is 7. The summed E-state index contributed by atoms with van der Waals surface area (Å²) < 4.78 is 16.3. The Bertz CT molecular complexity index is 1060. The first-order chi connectivity index (χ1) is 15.3. The van der Waals surface area contributed by atoms with Crippen LogP contribution in [-0.4, -0.2) is 44.7 Å². The third-order valence-electron chi connectivity index (χ3n) is 5.84. The van der Waals surface area contributed by atoms with Crippen LogP contribution in [-0.2, 0) is 9.53 Å². The number of rotatable bonds is 7. The minimum atomic E-state index is -0.576. The van der Waals surface area contributed by atoms with Gasteiger partial charge in [0.1, 0.15) is 12.4 Å². The summed E-state index contributed by atoms with van der Waals surface area (Å²) in [4.78, 5) is 15.3. The molecule has 1 heterocycles. The number of nitrogens with two attached hydrogens (primary N) is 1. The fraction of sp³-hybridized carbons (Fsp3) is 0.440. The van der Waals surface area contributed by atoms with Crippen LogP contribution in [0.2, 0.25) is 0 Å². The van der Waals surface area contributed by atoms with E-state index in [9.17, 15) is 10.1 Å². The summed E-state index contributed by atoms with van der Waals surface area (Å²) in [6, 6.07) is 7.60. The Morgan fingerprint density at radius 2 is 2.03 bits per heavy atom. The molecule has 3 rings (SSSR count). The minimum absolute atomic E-state index is 0.0236. The molecule has 0 amide bonds. The number of methoxy groups -OCH3 is 2. The normalized spacial score (nSPS) is 19.9. The second-order valence-corrected chi connectivity index (χ2v) is 8.69. The van der Waals surface area contributed by atoms with Gasteiger partial charge in [0, 0.05) is 31.3 Å². The predicted molar refractivity (Wildman–Crippen MR) is 121 cm³/mol. The average Bonchev–Trinajstić information content (AvgIpc) is 2.75. The van der Waals surface area contributed by atoms with Crippen molar-refractivity contribution < 1.29 is 19.0 Å². The van der Waals surface area contributed by atoms with E-state index in [2.05, 4.69) is 25.8 Å². The van der Waals surface area contributed by atoms with Gasteiger partial charge >= 0.3 is 0 Å².